The van der Waals surface area contributed by atoms with Crippen LogP contribution in [0.1, 0.15) is 26.3 Å². The molecule has 1 aromatic rings. The summed E-state index contributed by atoms with van der Waals surface area (Å²) in [5.41, 5.74) is 8.53. The summed E-state index contributed by atoms with van der Waals surface area (Å²) in [6, 6.07) is 7.42. The average Bonchev–Trinajstić information content (AvgIpc) is 2.37. The van der Waals surface area contributed by atoms with E-state index in [1.165, 1.54) is 11.3 Å². The van der Waals surface area contributed by atoms with Gasteiger partial charge < -0.3 is 10.6 Å². The third-order valence-corrected chi connectivity index (χ3v) is 4.52. The Bertz CT molecular complexity index is 449. The molecular weight excluding hydrogens is 270 g/mol. The molecule has 0 amide bonds. The molecule has 0 saturated carbocycles. The molecule has 0 spiro atoms. The summed E-state index contributed by atoms with van der Waals surface area (Å²) in [7, 11) is 2.20. The Kier molecular flexibility index (Phi) is 4.95. The number of nitrogens with two attached hydrogens (primary N) is 1. The molecule has 1 aliphatic rings. The summed E-state index contributed by atoms with van der Waals surface area (Å²) < 4.78 is 0. The monoisotopic (exact) mass is 295 g/mol. The second-order valence-electron chi connectivity index (χ2n) is 6.22. The molecule has 2 rings (SSSR count). The highest BCUT2D eigenvalue weighted by Crippen LogP contribution is 2.29. The first-order valence-corrected chi connectivity index (χ1v) is 7.77. The van der Waals surface area contributed by atoms with Crippen molar-refractivity contribution in [1.82, 2.24) is 4.90 Å². The Morgan fingerprint density at radius 3 is 2.45 bits per heavy atom. The van der Waals surface area contributed by atoms with E-state index in [0.29, 0.717) is 12.1 Å². The standard InChI is InChI=1S/C16H26ClN3/c1-11(18)7-14-5-6-15(17)8-16(14)20-9-12(2)19(4)13(3)10-20/h5-6,8,11-13H,7,9-10,18H2,1-4H3. The van der Waals surface area contributed by atoms with Gasteiger partial charge >= 0.3 is 0 Å². The van der Waals surface area contributed by atoms with Gasteiger partial charge in [0.05, 0.1) is 0 Å². The van der Waals surface area contributed by atoms with Crippen molar-refractivity contribution in [1.29, 1.82) is 0 Å². The molecule has 3 unspecified atom stereocenters. The van der Waals surface area contributed by atoms with Crippen LogP contribution in [0.3, 0.4) is 0 Å². The van der Waals surface area contributed by atoms with Gasteiger partial charge in [-0.3, -0.25) is 4.90 Å². The molecule has 0 aromatic heterocycles. The van der Waals surface area contributed by atoms with Gasteiger partial charge in [0.25, 0.3) is 0 Å². The molecule has 3 nitrogen and oxygen atoms in total. The zero-order valence-electron chi connectivity index (χ0n) is 12.9. The molecule has 4 heteroatoms. The first-order chi connectivity index (χ1) is 9.38. The lowest BCUT2D eigenvalue weighted by molar-refractivity contribution is 0.170. The predicted octanol–water partition coefficient (Wildman–Crippen LogP) is 2.76. The average molecular weight is 296 g/mol. The van der Waals surface area contributed by atoms with E-state index in [-0.39, 0.29) is 6.04 Å². The quantitative estimate of drug-likeness (QED) is 0.931. The highest BCUT2D eigenvalue weighted by molar-refractivity contribution is 6.30. The van der Waals surface area contributed by atoms with Crippen molar-refractivity contribution >= 4 is 17.3 Å². The molecule has 1 saturated heterocycles. The molecular formula is C16H26ClN3. The van der Waals surface area contributed by atoms with Gasteiger partial charge in [-0.15, -0.1) is 0 Å². The molecule has 0 bridgehead atoms. The maximum Gasteiger partial charge on any atom is 0.0426 e. The molecule has 112 valence electrons. The van der Waals surface area contributed by atoms with Crippen molar-refractivity contribution in [2.75, 3.05) is 25.0 Å². The SMILES string of the molecule is CC(N)Cc1ccc(Cl)cc1N1CC(C)N(C)C(C)C1. The lowest BCUT2D eigenvalue weighted by Crippen LogP contribution is -2.55. The van der Waals surface area contributed by atoms with Crippen LogP contribution in [-0.2, 0) is 6.42 Å². The molecule has 2 N–H and O–H groups in total. The van der Waals surface area contributed by atoms with Crippen molar-refractivity contribution in [3.8, 4) is 0 Å². The van der Waals surface area contributed by atoms with Gasteiger partial charge in [-0.05, 0) is 51.9 Å². The second-order valence-corrected chi connectivity index (χ2v) is 6.66. The summed E-state index contributed by atoms with van der Waals surface area (Å²) in [5.74, 6) is 0. The second kappa shape index (κ2) is 6.33. The van der Waals surface area contributed by atoms with Crippen molar-refractivity contribution in [3.63, 3.8) is 0 Å². The number of rotatable bonds is 3. The van der Waals surface area contributed by atoms with Crippen molar-refractivity contribution in [2.24, 2.45) is 5.73 Å². The largest absolute Gasteiger partial charge is 0.368 e. The molecule has 0 aliphatic carbocycles. The van der Waals surface area contributed by atoms with Crippen molar-refractivity contribution in [2.45, 2.75) is 45.3 Å². The van der Waals surface area contributed by atoms with E-state index in [1.54, 1.807) is 0 Å². The maximum atomic E-state index is 6.21. The van der Waals surface area contributed by atoms with E-state index >= 15 is 0 Å². The summed E-state index contributed by atoms with van der Waals surface area (Å²) in [5, 5.41) is 0.799. The summed E-state index contributed by atoms with van der Waals surface area (Å²) in [6.45, 7) is 8.67. The Balaban J connectivity index is 2.29. The van der Waals surface area contributed by atoms with Crippen molar-refractivity contribution in [3.05, 3.63) is 28.8 Å². The molecule has 1 heterocycles. The summed E-state index contributed by atoms with van der Waals surface area (Å²) in [4.78, 5) is 4.89. The van der Waals surface area contributed by atoms with E-state index in [9.17, 15) is 0 Å². The maximum absolute atomic E-state index is 6.21. The molecule has 0 radical (unpaired) electrons. The molecule has 3 atom stereocenters. The number of halogens is 1. The molecule has 1 aromatic carbocycles. The normalized spacial score (nSPS) is 25.8. The van der Waals surface area contributed by atoms with Gasteiger partial charge in [0.1, 0.15) is 0 Å². The van der Waals surface area contributed by atoms with Gasteiger partial charge in [-0.25, -0.2) is 0 Å². The fraction of sp³-hybridized carbons (Fsp3) is 0.625. The number of piperazine rings is 1. The minimum absolute atomic E-state index is 0.164. The molecule has 1 fully saturated rings. The Hall–Kier alpha value is -0.770. The fourth-order valence-corrected chi connectivity index (χ4v) is 3.12. The summed E-state index contributed by atoms with van der Waals surface area (Å²) in [6.07, 6.45) is 0.890. The van der Waals surface area contributed by atoms with Crippen LogP contribution in [-0.4, -0.2) is 43.2 Å². The van der Waals surface area contributed by atoms with Gasteiger partial charge in [0.15, 0.2) is 0 Å². The Morgan fingerprint density at radius 2 is 1.90 bits per heavy atom. The van der Waals surface area contributed by atoms with Crippen LogP contribution in [0.4, 0.5) is 5.69 Å². The number of benzene rings is 1. The number of hydrogen-bond acceptors (Lipinski definition) is 3. The minimum Gasteiger partial charge on any atom is -0.368 e. The highest BCUT2D eigenvalue weighted by atomic mass is 35.5. The van der Waals surface area contributed by atoms with E-state index in [2.05, 4.69) is 42.8 Å². The number of likely N-dealkylation sites (N-methyl/N-ethyl adjacent to an activating group) is 1. The lowest BCUT2D eigenvalue weighted by Gasteiger charge is -2.44. The summed E-state index contributed by atoms with van der Waals surface area (Å²) >= 11 is 6.21. The van der Waals surface area contributed by atoms with E-state index in [0.717, 1.165) is 24.5 Å². The van der Waals surface area contributed by atoms with Crippen LogP contribution < -0.4 is 10.6 Å². The van der Waals surface area contributed by atoms with Gasteiger partial charge in [0.2, 0.25) is 0 Å². The Labute approximate surface area is 127 Å². The fourth-order valence-electron chi connectivity index (χ4n) is 2.95. The highest BCUT2D eigenvalue weighted by Gasteiger charge is 2.27. The molecule has 20 heavy (non-hydrogen) atoms. The number of hydrogen-bond donors (Lipinski definition) is 1. The topological polar surface area (TPSA) is 32.5 Å². The third-order valence-electron chi connectivity index (χ3n) is 4.29. The third kappa shape index (κ3) is 3.46. The first kappa shape index (κ1) is 15.6. The van der Waals surface area contributed by atoms with Gasteiger partial charge in [-0.2, -0.15) is 0 Å². The van der Waals surface area contributed by atoms with Crippen molar-refractivity contribution < 1.29 is 0 Å². The molecule has 1 aliphatic heterocycles. The smallest absolute Gasteiger partial charge is 0.0426 e. The lowest BCUT2D eigenvalue weighted by atomic mass is 10.0. The van der Waals surface area contributed by atoms with E-state index < -0.39 is 0 Å². The van der Waals surface area contributed by atoms with Gasteiger partial charge in [0, 0.05) is 41.9 Å². The van der Waals surface area contributed by atoms with Crippen LogP contribution in [0.2, 0.25) is 5.02 Å². The number of nitrogens with zero attached hydrogens (tertiary/aromatic N) is 2. The van der Waals surface area contributed by atoms with Gasteiger partial charge in [-0.1, -0.05) is 17.7 Å². The minimum atomic E-state index is 0.164. The van der Waals surface area contributed by atoms with E-state index in [1.807, 2.05) is 13.0 Å². The first-order valence-electron chi connectivity index (χ1n) is 7.39. The Morgan fingerprint density at radius 1 is 1.30 bits per heavy atom. The zero-order chi connectivity index (χ0) is 14.9. The van der Waals surface area contributed by atoms with Crippen LogP contribution in [0, 0.1) is 0 Å². The zero-order valence-corrected chi connectivity index (χ0v) is 13.7. The van der Waals surface area contributed by atoms with E-state index in [4.69, 9.17) is 17.3 Å². The predicted molar refractivity (Wildman–Crippen MR) is 87.7 cm³/mol. The van der Waals surface area contributed by atoms with Crippen LogP contribution in [0.5, 0.6) is 0 Å². The van der Waals surface area contributed by atoms with Crippen LogP contribution in [0.15, 0.2) is 18.2 Å². The van der Waals surface area contributed by atoms with Crippen LogP contribution >= 0.6 is 11.6 Å². The number of anilines is 1. The van der Waals surface area contributed by atoms with Crippen LogP contribution in [0.25, 0.3) is 0 Å².